The molecule has 5 rings (SSSR count). The lowest BCUT2D eigenvalue weighted by atomic mass is 9.99. The van der Waals surface area contributed by atoms with E-state index in [2.05, 4.69) is 15.4 Å². The van der Waals surface area contributed by atoms with Crippen LogP contribution in [0, 0.1) is 18.7 Å². The van der Waals surface area contributed by atoms with Crippen molar-refractivity contribution >= 4 is 54.9 Å². The molecule has 12 heteroatoms. The van der Waals surface area contributed by atoms with Gasteiger partial charge in [0.2, 0.25) is 21.1 Å². The summed E-state index contributed by atoms with van der Waals surface area (Å²) in [5.41, 5.74) is 0.892. The average Bonchev–Trinajstić information content (AvgIpc) is 3.43. The number of piperidine rings is 1. The van der Waals surface area contributed by atoms with Crippen molar-refractivity contribution in [2.75, 3.05) is 18.4 Å². The highest BCUT2D eigenvalue weighted by molar-refractivity contribution is 7.89. The minimum atomic E-state index is -3.75. The average molecular weight is 534 g/mol. The van der Waals surface area contributed by atoms with Crippen LogP contribution in [-0.2, 0) is 14.8 Å². The first kappa shape index (κ1) is 23.9. The Labute approximate surface area is 210 Å². The second kappa shape index (κ2) is 9.30. The smallest absolute Gasteiger partial charge is 0.243 e. The summed E-state index contributed by atoms with van der Waals surface area (Å²) in [4.78, 5) is 17.7. The molecule has 182 valence electrons. The molecule has 4 aromatic rings. The fourth-order valence-electron chi connectivity index (χ4n) is 4.09. The highest BCUT2D eigenvalue weighted by Crippen LogP contribution is 2.30. The standard InChI is InChI=1S/C23H21ClFN5O3S2/c1-14-12-20(30(28-14)23-27-21-18(25)5-2-6-19(21)34-23)26-22(31)15-4-3-11-29(13-15)35(32,33)17-9-7-16(24)8-10-17/h2,5-10,12,15H,3-4,11,13H2,1H3,(H,26,31). The zero-order chi connectivity index (χ0) is 24.7. The Morgan fingerprint density at radius 2 is 2.00 bits per heavy atom. The van der Waals surface area contributed by atoms with Gasteiger partial charge in [-0.15, -0.1) is 0 Å². The summed E-state index contributed by atoms with van der Waals surface area (Å²) >= 11 is 7.15. The van der Waals surface area contributed by atoms with Gasteiger partial charge in [0.1, 0.15) is 17.2 Å². The number of para-hydroxylation sites is 1. The molecule has 35 heavy (non-hydrogen) atoms. The van der Waals surface area contributed by atoms with E-state index in [1.807, 2.05) is 0 Å². The minimum Gasteiger partial charge on any atom is -0.310 e. The summed E-state index contributed by atoms with van der Waals surface area (Å²) in [5.74, 6) is -0.884. The zero-order valence-corrected chi connectivity index (χ0v) is 21.0. The minimum absolute atomic E-state index is 0.0657. The van der Waals surface area contributed by atoms with Crippen molar-refractivity contribution < 1.29 is 17.6 Å². The van der Waals surface area contributed by atoms with Crippen LogP contribution in [0.15, 0.2) is 53.4 Å². The number of carbonyl (C=O) groups is 1. The molecule has 1 amide bonds. The number of amides is 1. The van der Waals surface area contributed by atoms with Crippen LogP contribution in [0.3, 0.4) is 0 Å². The molecule has 3 heterocycles. The van der Waals surface area contributed by atoms with Crippen molar-refractivity contribution in [2.24, 2.45) is 5.92 Å². The Morgan fingerprint density at radius 3 is 2.74 bits per heavy atom. The van der Waals surface area contributed by atoms with Crippen LogP contribution in [0.5, 0.6) is 0 Å². The predicted molar refractivity (Wildman–Crippen MR) is 133 cm³/mol. The maximum atomic E-state index is 14.1. The molecule has 1 N–H and O–H groups in total. The van der Waals surface area contributed by atoms with Crippen molar-refractivity contribution in [1.29, 1.82) is 0 Å². The molecule has 0 saturated carbocycles. The van der Waals surface area contributed by atoms with Crippen LogP contribution >= 0.6 is 22.9 Å². The number of thiazole rings is 1. The number of anilines is 1. The van der Waals surface area contributed by atoms with Gasteiger partial charge >= 0.3 is 0 Å². The van der Waals surface area contributed by atoms with Crippen LogP contribution < -0.4 is 5.32 Å². The second-order valence-electron chi connectivity index (χ2n) is 8.31. The van der Waals surface area contributed by atoms with Gasteiger partial charge in [0.25, 0.3) is 0 Å². The third-order valence-corrected chi connectivity index (χ3v) is 8.96. The Kier molecular flexibility index (Phi) is 6.34. The third kappa shape index (κ3) is 4.68. The maximum Gasteiger partial charge on any atom is 0.243 e. The second-order valence-corrected chi connectivity index (χ2v) is 11.7. The number of aryl methyl sites for hydroxylation is 1. The van der Waals surface area contributed by atoms with Crippen LogP contribution in [0.2, 0.25) is 5.02 Å². The van der Waals surface area contributed by atoms with Crippen molar-refractivity contribution in [3.8, 4) is 5.13 Å². The SMILES string of the molecule is Cc1cc(NC(=O)C2CCCN(S(=O)(=O)c3ccc(Cl)cc3)C2)n(-c2nc3c(F)cccc3s2)n1. The van der Waals surface area contributed by atoms with Crippen LogP contribution in [0.1, 0.15) is 18.5 Å². The van der Waals surface area contributed by atoms with Crippen molar-refractivity contribution in [1.82, 2.24) is 19.1 Å². The first-order valence-electron chi connectivity index (χ1n) is 10.9. The summed E-state index contributed by atoms with van der Waals surface area (Å²) in [6, 6.07) is 12.4. The van der Waals surface area contributed by atoms with E-state index in [1.165, 1.54) is 50.7 Å². The number of hydrogen-bond donors (Lipinski definition) is 1. The van der Waals surface area contributed by atoms with E-state index >= 15 is 0 Å². The Bertz CT molecular complexity index is 1520. The van der Waals surface area contributed by atoms with Crippen LogP contribution in [-0.4, -0.2) is 46.5 Å². The molecular formula is C23H21ClFN5O3S2. The molecule has 1 atom stereocenters. The fraction of sp³-hybridized carbons (Fsp3) is 0.261. The molecule has 0 radical (unpaired) electrons. The van der Waals surface area contributed by atoms with Crippen LogP contribution in [0.4, 0.5) is 10.2 Å². The number of sulfonamides is 1. The van der Waals surface area contributed by atoms with Gasteiger partial charge in [0.15, 0.2) is 0 Å². The molecule has 2 aromatic carbocycles. The molecular weight excluding hydrogens is 513 g/mol. The fourth-order valence-corrected chi connectivity index (χ4v) is 6.68. The Morgan fingerprint density at radius 1 is 1.23 bits per heavy atom. The molecule has 1 unspecified atom stereocenters. The van der Waals surface area contributed by atoms with Crippen molar-refractivity contribution in [3.63, 3.8) is 0 Å². The zero-order valence-electron chi connectivity index (χ0n) is 18.6. The molecule has 0 spiro atoms. The number of halogens is 2. The number of nitrogens with zero attached hydrogens (tertiary/aromatic N) is 4. The van der Waals surface area contributed by atoms with Gasteiger partial charge in [-0.05, 0) is 56.2 Å². The molecule has 8 nitrogen and oxygen atoms in total. The van der Waals surface area contributed by atoms with E-state index in [-0.39, 0.29) is 22.9 Å². The summed E-state index contributed by atoms with van der Waals surface area (Å²) in [6.07, 6.45) is 1.11. The third-order valence-electron chi connectivity index (χ3n) is 5.83. The maximum absolute atomic E-state index is 14.1. The number of fused-ring (bicyclic) bond motifs is 1. The van der Waals surface area contributed by atoms with E-state index in [1.54, 1.807) is 25.1 Å². The predicted octanol–water partition coefficient (Wildman–Crippen LogP) is 4.62. The first-order valence-corrected chi connectivity index (χ1v) is 13.5. The van der Waals surface area contributed by atoms with E-state index in [0.717, 1.165) is 0 Å². The van der Waals surface area contributed by atoms with Gasteiger partial charge < -0.3 is 5.32 Å². The van der Waals surface area contributed by atoms with Gasteiger partial charge in [-0.25, -0.2) is 17.8 Å². The molecule has 1 aliphatic heterocycles. The lowest BCUT2D eigenvalue weighted by molar-refractivity contribution is -0.120. The summed E-state index contributed by atoms with van der Waals surface area (Å²) in [5, 5.41) is 8.16. The highest BCUT2D eigenvalue weighted by atomic mass is 35.5. The van der Waals surface area contributed by atoms with E-state index in [9.17, 15) is 17.6 Å². The molecule has 2 aromatic heterocycles. The highest BCUT2D eigenvalue weighted by Gasteiger charge is 2.33. The number of rotatable bonds is 5. The van der Waals surface area contributed by atoms with Crippen LogP contribution in [0.25, 0.3) is 15.3 Å². The Hall–Kier alpha value is -2.86. The lowest BCUT2D eigenvalue weighted by Crippen LogP contribution is -2.43. The van der Waals surface area contributed by atoms with Gasteiger partial charge in [-0.1, -0.05) is 29.0 Å². The summed E-state index contributed by atoms with van der Waals surface area (Å²) in [6.45, 7) is 2.18. The van der Waals surface area contributed by atoms with E-state index in [4.69, 9.17) is 11.6 Å². The quantitative estimate of drug-likeness (QED) is 0.403. The molecule has 0 bridgehead atoms. The van der Waals surface area contributed by atoms with E-state index in [0.29, 0.717) is 45.8 Å². The molecule has 1 aliphatic rings. The van der Waals surface area contributed by atoms with Gasteiger partial charge in [0.05, 0.1) is 21.2 Å². The Balaban J connectivity index is 1.36. The number of aromatic nitrogens is 3. The molecule has 1 saturated heterocycles. The topological polar surface area (TPSA) is 97.2 Å². The molecule has 1 fully saturated rings. The van der Waals surface area contributed by atoms with Crippen molar-refractivity contribution in [3.05, 3.63) is 65.1 Å². The van der Waals surface area contributed by atoms with E-state index < -0.39 is 21.8 Å². The van der Waals surface area contributed by atoms with Gasteiger partial charge in [-0.3, -0.25) is 4.79 Å². The number of hydrogen-bond acceptors (Lipinski definition) is 6. The normalized spacial score (nSPS) is 17.1. The van der Waals surface area contributed by atoms with Gasteiger partial charge in [0, 0.05) is 24.2 Å². The summed E-state index contributed by atoms with van der Waals surface area (Å²) < 4.78 is 43.8. The van der Waals surface area contributed by atoms with Gasteiger partial charge in [-0.2, -0.15) is 14.1 Å². The lowest BCUT2D eigenvalue weighted by Gasteiger charge is -2.31. The number of benzene rings is 2. The first-order chi connectivity index (χ1) is 16.7. The number of nitrogens with one attached hydrogen (secondary N) is 1. The monoisotopic (exact) mass is 533 g/mol. The molecule has 0 aliphatic carbocycles. The largest absolute Gasteiger partial charge is 0.310 e. The summed E-state index contributed by atoms with van der Waals surface area (Å²) in [7, 11) is -3.75. The number of carbonyl (C=O) groups excluding carboxylic acids is 1. The van der Waals surface area contributed by atoms with Crippen molar-refractivity contribution in [2.45, 2.75) is 24.7 Å².